The summed E-state index contributed by atoms with van der Waals surface area (Å²) < 4.78 is 4.89. The van der Waals surface area contributed by atoms with Gasteiger partial charge in [-0.05, 0) is 19.8 Å². The van der Waals surface area contributed by atoms with Crippen LogP contribution < -0.4 is 16.4 Å². The summed E-state index contributed by atoms with van der Waals surface area (Å²) >= 11 is 0. The monoisotopic (exact) mass is 403 g/mol. The predicted octanol–water partition coefficient (Wildman–Crippen LogP) is -2.75. The summed E-state index contributed by atoms with van der Waals surface area (Å²) in [6.07, 6.45) is -1.64. The van der Waals surface area contributed by atoms with Gasteiger partial charge in [-0.15, -0.1) is 0 Å². The van der Waals surface area contributed by atoms with Crippen molar-refractivity contribution in [1.82, 2.24) is 10.6 Å². The van der Waals surface area contributed by atoms with Crippen LogP contribution >= 0.6 is 0 Å². The molecule has 0 aliphatic heterocycles. The van der Waals surface area contributed by atoms with E-state index in [1.807, 2.05) is 0 Å². The molecule has 0 aromatic heterocycles. The van der Waals surface area contributed by atoms with Crippen molar-refractivity contribution in [3.05, 3.63) is 0 Å². The third kappa shape index (κ3) is 8.68. The van der Waals surface area contributed by atoms with Crippen LogP contribution in [0, 0.1) is 0 Å². The third-order valence-corrected chi connectivity index (χ3v) is 3.58. The van der Waals surface area contributed by atoms with E-state index in [1.165, 1.54) is 13.8 Å². The highest BCUT2D eigenvalue weighted by atomic mass is 16.5. The minimum atomic E-state index is -1.34. The number of carboxylic acid groups (broad SMARTS) is 1. The van der Waals surface area contributed by atoms with Crippen LogP contribution in [0.5, 0.6) is 0 Å². The lowest BCUT2D eigenvalue weighted by Crippen LogP contribution is -2.50. The van der Waals surface area contributed by atoms with Crippen molar-refractivity contribution in [2.24, 2.45) is 5.73 Å². The Balaban J connectivity index is 4.75. The molecule has 0 saturated heterocycles. The van der Waals surface area contributed by atoms with Crippen LogP contribution in [0.1, 0.15) is 33.1 Å². The number of hydrogen-bond acceptors (Lipinski definition) is 9. The second-order valence-electron chi connectivity index (χ2n) is 5.85. The molecule has 28 heavy (non-hydrogen) atoms. The molecule has 158 valence electrons. The molecule has 0 aliphatic carbocycles. The molecule has 0 rings (SSSR count). The number of nitrogens with one attached hydrogen (secondary N) is 2. The van der Waals surface area contributed by atoms with Gasteiger partial charge < -0.3 is 36.1 Å². The Morgan fingerprint density at radius 1 is 1.18 bits per heavy atom. The molecule has 0 fully saturated rings. The number of hydrogen-bond donors (Lipinski definition) is 5. The number of carboxylic acids is 1. The maximum atomic E-state index is 12.1. The number of nitrogens with two attached hydrogens (primary N) is 1. The molecule has 12 heteroatoms. The molecule has 0 aromatic carbocycles. The average molecular weight is 403 g/mol. The van der Waals surface area contributed by atoms with E-state index < -0.39 is 66.8 Å². The Labute approximate surface area is 160 Å². The number of aliphatic carboxylic acids is 1. The topological polar surface area (TPSA) is 202 Å². The van der Waals surface area contributed by atoms with Gasteiger partial charge in [-0.1, -0.05) is 6.92 Å². The van der Waals surface area contributed by atoms with Crippen molar-refractivity contribution in [2.45, 2.75) is 57.3 Å². The molecular weight excluding hydrogens is 378 g/mol. The highest BCUT2D eigenvalue weighted by Crippen LogP contribution is 2.02. The van der Waals surface area contributed by atoms with E-state index in [9.17, 15) is 28.8 Å². The molecule has 0 unspecified atom stereocenters. The second kappa shape index (κ2) is 12.5. The van der Waals surface area contributed by atoms with Crippen LogP contribution in [-0.4, -0.2) is 76.9 Å². The van der Waals surface area contributed by atoms with Crippen LogP contribution in [0.15, 0.2) is 0 Å². The predicted molar refractivity (Wildman–Crippen MR) is 92.7 cm³/mol. The zero-order valence-corrected chi connectivity index (χ0v) is 15.5. The first-order valence-electron chi connectivity index (χ1n) is 8.46. The van der Waals surface area contributed by atoms with Gasteiger partial charge in [-0.25, -0.2) is 4.79 Å². The molecule has 2 amide bonds. The molecule has 0 heterocycles. The number of aliphatic hydroxyl groups excluding tert-OH is 1. The fourth-order valence-electron chi connectivity index (χ4n) is 1.87. The van der Waals surface area contributed by atoms with Gasteiger partial charge >= 0.3 is 11.9 Å². The van der Waals surface area contributed by atoms with Gasteiger partial charge in [0.05, 0.1) is 12.6 Å². The van der Waals surface area contributed by atoms with Crippen LogP contribution in [-0.2, 0) is 33.5 Å². The standard InChI is InChI=1S/C16H25N3O9/c1-3-11(19-15(26)13(24)10(17)4-5-12(22)23)16(27)28-8(2)14(25)18-9(6-20)7-21/h6,8-11,21H,3-5,7,17H2,1-2H3,(H,18,25)(H,19,26)(H,22,23)/t8-,9+,10-,11+/m0/s1. The molecule has 0 radical (unpaired) electrons. The first-order valence-corrected chi connectivity index (χ1v) is 8.46. The number of ether oxygens (including phenoxy) is 1. The van der Waals surface area contributed by atoms with E-state index in [0.29, 0.717) is 6.29 Å². The number of carbonyl (C=O) groups excluding carboxylic acids is 5. The lowest BCUT2D eigenvalue weighted by Gasteiger charge is -2.20. The van der Waals surface area contributed by atoms with Gasteiger partial charge in [-0.3, -0.25) is 19.2 Å². The van der Waals surface area contributed by atoms with Crippen molar-refractivity contribution in [3.8, 4) is 0 Å². The highest BCUT2D eigenvalue weighted by Gasteiger charge is 2.29. The summed E-state index contributed by atoms with van der Waals surface area (Å²) in [5.74, 6) is -5.29. The molecule has 0 spiro atoms. The van der Waals surface area contributed by atoms with Gasteiger partial charge in [0.2, 0.25) is 5.78 Å². The van der Waals surface area contributed by atoms with Crippen LogP contribution in [0.2, 0.25) is 0 Å². The van der Waals surface area contributed by atoms with E-state index in [4.69, 9.17) is 20.7 Å². The smallest absolute Gasteiger partial charge is 0.329 e. The highest BCUT2D eigenvalue weighted by molar-refractivity contribution is 6.38. The van der Waals surface area contributed by atoms with Crippen molar-refractivity contribution in [2.75, 3.05) is 6.61 Å². The molecule has 6 N–H and O–H groups in total. The van der Waals surface area contributed by atoms with Crippen molar-refractivity contribution >= 4 is 35.8 Å². The summed E-state index contributed by atoms with van der Waals surface area (Å²) in [5, 5.41) is 21.7. The Morgan fingerprint density at radius 3 is 2.25 bits per heavy atom. The van der Waals surface area contributed by atoms with Crippen molar-refractivity contribution in [3.63, 3.8) is 0 Å². The number of Topliss-reactive ketones (excluding diaryl/α,β-unsaturated/α-hetero) is 1. The largest absolute Gasteiger partial charge is 0.481 e. The summed E-state index contributed by atoms with van der Waals surface area (Å²) in [4.78, 5) is 68.7. The Morgan fingerprint density at radius 2 is 1.79 bits per heavy atom. The Hall–Kier alpha value is -2.86. The number of amides is 2. The molecule has 4 atom stereocenters. The summed E-state index contributed by atoms with van der Waals surface area (Å²) in [6.45, 7) is 2.10. The third-order valence-electron chi connectivity index (χ3n) is 3.58. The number of carbonyl (C=O) groups is 6. The lowest BCUT2D eigenvalue weighted by atomic mass is 10.1. The summed E-state index contributed by atoms with van der Waals surface area (Å²) in [5.41, 5.74) is 5.46. The quantitative estimate of drug-likeness (QED) is 0.122. The second-order valence-corrected chi connectivity index (χ2v) is 5.85. The maximum absolute atomic E-state index is 12.1. The van der Waals surface area contributed by atoms with E-state index in [1.54, 1.807) is 0 Å². The number of rotatable bonds is 13. The normalized spacial score (nSPS) is 14.7. The van der Waals surface area contributed by atoms with Gasteiger partial charge in [0.1, 0.15) is 18.4 Å². The van der Waals surface area contributed by atoms with E-state index in [2.05, 4.69) is 10.6 Å². The van der Waals surface area contributed by atoms with Crippen molar-refractivity contribution < 1.29 is 43.7 Å². The van der Waals surface area contributed by atoms with Gasteiger partial charge in [0.15, 0.2) is 6.10 Å². The average Bonchev–Trinajstić information content (AvgIpc) is 2.66. The first kappa shape index (κ1) is 25.1. The zero-order valence-electron chi connectivity index (χ0n) is 15.5. The molecule has 0 aromatic rings. The van der Waals surface area contributed by atoms with E-state index in [0.717, 1.165) is 0 Å². The van der Waals surface area contributed by atoms with Crippen molar-refractivity contribution in [1.29, 1.82) is 0 Å². The molecule has 12 nitrogen and oxygen atoms in total. The lowest BCUT2D eigenvalue weighted by molar-refractivity contribution is -0.158. The van der Waals surface area contributed by atoms with E-state index in [-0.39, 0.29) is 12.8 Å². The molecule has 0 aliphatic rings. The summed E-state index contributed by atoms with van der Waals surface area (Å²) in [7, 11) is 0. The number of esters is 1. The number of ketones is 1. The zero-order chi connectivity index (χ0) is 21.9. The van der Waals surface area contributed by atoms with Gasteiger partial charge in [0.25, 0.3) is 11.8 Å². The molecular formula is C16H25N3O9. The fraction of sp³-hybridized carbons (Fsp3) is 0.625. The van der Waals surface area contributed by atoms with Gasteiger partial charge in [0, 0.05) is 6.42 Å². The minimum Gasteiger partial charge on any atom is -0.481 e. The maximum Gasteiger partial charge on any atom is 0.329 e. The van der Waals surface area contributed by atoms with Crippen LogP contribution in [0.4, 0.5) is 0 Å². The van der Waals surface area contributed by atoms with Crippen LogP contribution in [0.3, 0.4) is 0 Å². The summed E-state index contributed by atoms with van der Waals surface area (Å²) in [6, 6.07) is -3.74. The minimum absolute atomic E-state index is 0.0319. The SMILES string of the molecule is CC[C@@H](NC(=O)C(=O)[C@@H](N)CCC(=O)O)C(=O)O[C@@H](C)C(=O)N[C@H](C=O)CO. The van der Waals surface area contributed by atoms with E-state index >= 15 is 0 Å². The first-order chi connectivity index (χ1) is 13.1. The van der Waals surface area contributed by atoms with Gasteiger partial charge in [-0.2, -0.15) is 0 Å². The van der Waals surface area contributed by atoms with Crippen LogP contribution in [0.25, 0.3) is 0 Å². The number of aliphatic hydroxyl groups is 1. The number of aldehydes is 1. The Bertz CT molecular complexity index is 608. The Kier molecular flexibility index (Phi) is 11.2. The molecule has 0 saturated carbocycles. The molecule has 0 bridgehead atoms. The fourth-order valence-corrected chi connectivity index (χ4v) is 1.87.